The third-order valence-electron chi connectivity index (χ3n) is 3.78. The second-order valence-electron chi connectivity index (χ2n) is 5.14. The zero-order valence-electron chi connectivity index (χ0n) is 13.0. The lowest BCUT2D eigenvalue weighted by molar-refractivity contribution is 0.160. The number of nitrogens with zero attached hydrogens (tertiary/aromatic N) is 4. The minimum absolute atomic E-state index is 0.152. The van der Waals surface area contributed by atoms with Gasteiger partial charge in [-0.05, 0) is 11.6 Å². The number of aromatic nitrogens is 2. The zero-order valence-corrected chi connectivity index (χ0v) is 13.8. The Morgan fingerprint density at radius 3 is 2.48 bits per heavy atom. The number of anilines is 2. The van der Waals surface area contributed by atoms with E-state index >= 15 is 0 Å². The van der Waals surface area contributed by atoms with Crippen molar-refractivity contribution in [1.29, 1.82) is 0 Å². The van der Waals surface area contributed by atoms with Crippen LogP contribution in [0, 0.1) is 0 Å². The largest absolute Gasteiger partial charge is 0.497 e. The molecule has 1 aromatic carbocycles. The first-order valence-electron chi connectivity index (χ1n) is 6.95. The first-order valence-corrected chi connectivity index (χ1v) is 7.33. The lowest BCUT2D eigenvalue weighted by atomic mass is 10.2. The van der Waals surface area contributed by atoms with Gasteiger partial charge in [-0.25, -0.2) is 9.97 Å². The second kappa shape index (κ2) is 6.10. The molecule has 0 radical (unpaired) electrons. The molecule has 2 aromatic rings. The normalized spacial score (nSPS) is 17.0. The summed E-state index contributed by atoms with van der Waals surface area (Å²) in [5, 5.41) is 10.8. The van der Waals surface area contributed by atoms with Gasteiger partial charge in [0.1, 0.15) is 17.3 Å². The third kappa shape index (κ3) is 2.85. The zero-order chi connectivity index (χ0) is 16.6. The molecule has 1 atom stereocenters. The summed E-state index contributed by atoms with van der Waals surface area (Å²) in [5.41, 5.74) is 1.63. The predicted octanol–water partition coefficient (Wildman–Crippen LogP) is 1.88. The van der Waals surface area contributed by atoms with Gasteiger partial charge in [-0.1, -0.05) is 0 Å². The Balaban J connectivity index is 2.02. The van der Waals surface area contributed by atoms with Crippen LogP contribution >= 0.6 is 11.6 Å². The molecule has 1 aromatic heterocycles. The highest BCUT2D eigenvalue weighted by Gasteiger charge is 2.31. The van der Waals surface area contributed by atoms with Crippen molar-refractivity contribution in [3.63, 3.8) is 0 Å². The molecule has 1 aliphatic heterocycles. The summed E-state index contributed by atoms with van der Waals surface area (Å²) in [7, 11) is 4.92. The molecule has 8 heteroatoms. The first kappa shape index (κ1) is 15.6. The smallest absolute Gasteiger partial charge is 0.224 e. The van der Waals surface area contributed by atoms with Crippen LogP contribution in [0.25, 0.3) is 0 Å². The number of halogens is 1. The van der Waals surface area contributed by atoms with Crippen molar-refractivity contribution < 1.29 is 14.6 Å². The van der Waals surface area contributed by atoms with Crippen LogP contribution in [0.2, 0.25) is 5.28 Å². The molecular weight excluding hydrogens is 320 g/mol. The summed E-state index contributed by atoms with van der Waals surface area (Å²) in [6, 6.07) is 5.45. The SMILES string of the molecule is COc1cc(OC)cc(N2Cc3cnc(Cl)nc3N(C)C2O)c1. The van der Waals surface area contributed by atoms with E-state index in [9.17, 15) is 5.11 Å². The van der Waals surface area contributed by atoms with Gasteiger partial charge in [0, 0.05) is 42.7 Å². The van der Waals surface area contributed by atoms with Gasteiger partial charge < -0.3 is 24.4 Å². The van der Waals surface area contributed by atoms with E-state index in [1.165, 1.54) is 0 Å². The quantitative estimate of drug-likeness (QED) is 0.858. The molecule has 0 spiro atoms. The lowest BCUT2D eigenvalue weighted by Crippen LogP contribution is -2.50. The maximum absolute atomic E-state index is 10.6. The number of aliphatic hydroxyl groups excluding tert-OH is 1. The van der Waals surface area contributed by atoms with Crippen LogP contribution in [0.4, 0.5) is 11.5 Å². The average molecular weight is 337 g/mol. The summed E-state index contributed by atoms with van der Waals surface area (Å²) in [6.07, 6.45) is 0.766. The third-order valence-corrected chi connectivity index (χ3v) is 3.96. The van der Waals surface area contributed by atoms with Gasteiger partial charge in [0.25, 0.3) is 0 Å². The minimum Gasteiger partial charge on any atom is -0.497 e. The average Bonchev–Trinajstić information content (AvgIpc) is 2.58. The number of ether oxygens (including phenoxy) is 2. The molecule has 0 fully saturated rings. The molecule has 0 aliphatic carbocycles. The highest BCUT2D eigenvalue weighted by atomic mass is 35.5. The fourth-order valence-electron chi connectivity index (χ4n) is 2.56. The first-order chi connectivity index (χ1) is 11.0. The second-order valence-corrected chi connectivity index (χ2v) is 5.48. The minimum atomic E-state index is -0.898. The van der Waals surface area contributed by atoms with Crippen molar-refractivity contribution in [2.24, 2.45) is 0 Å². The highest BCUT2D eigenvalue weighted by Crippen LogP contribution is 2.35. The molecule has 3 rings (SSSR count). The van der Waals surface area contributed by atoms with Gasteiger partial charge in [-0.3, -0.25) is 0 Å². The van der Waals surface area contributed by atoms with Gasteiger partial charge in [0.2, 0.25) is 11.6 Å². The van der Waals surface area contributed by atoms with Crippen LogP contribution in [-0.2, 0) is 6.54 Å². The number of aliphatic hydroxyl groups is 1. The Bertz CT molecular complexity index is 706. The van der Waals surface area contributed by atoms with Gasteiger partial charge in [-0.15, -0.1) is 0 Å². The monoisotopic (exact) mass is 336 g/mol. The molecule has 122 valence electrons. The van der Waals surface area contributed by atoms with Crippen molar-refractivity contribution in [2.45, 2.75) is 12.9 Å². The molecule has 7 nitrogen and oxygen atoms in total. The Kier molecular flexibility index (Phi) is 4.14. The molecule has 0 saturated carbocycles. The van der Waals surface area contributed by atoms with Gasteiger partial charge in [0.15, 0.2) is 0 Å². The Hall–Kier alpha value is -2.25. The molecule has 2 heterocycles. The van der Waals surface area contributed by atoms with Gasteiger partial charge in [-0.2, -0.15) is 0 Å². The molecule has 1 aliphatic rings. The molecular formula is C15H17ClN4O3. The van der Waals surface area contributed by atoms with Crippen molar-refractivity contribution in [3.8, 4) is 11.5 Å². The number of hydrogen-bond donors (Lipinski definition) is 1. The standard InChI is InChI=1S/C15H17ClN4O3/c1-19-13-9(7-17-14(16)18-13)8-20(15(19)21)10-4-11(22-2)6-12(5-10)23-3/h4-7,15,21H,8H2,1-3H3. The molecule has 0 saturated heterocycles. The van der Waals surface area contributed by atoms with Crippen LogP contribution in [0.1, 0.15) is 5.56 Å². The molecule has 0 bridgehead atoms. The van der Waals surface area contributed by atoms with E-state index in [0.717, 1.165) is 11.3 Å². The summed E-state index contributed by atoms with van der Waals surface area (Å²) in [5.74, 6) is 1.91. The highest BCUT2D eigenvalue weighted by molar-refractivity contribution is 6.28. The van der Waals surface area contributed by atoms with Crippen LogP contribution in [0.3, 0.4) is 0 Å². The van der Waals surface area contributed by atoms with E-state index in [0.29, 0.717) is 23.9 Å². The summed E-state index contributed by atoms with van der Waals surface area (Å²) >= 11 is 5.85. The summed E-state index contributed by atoms with van der Waals surface area (Å²) < 4.78 is 10.6. The van der Waals surface area contributed by atoms with Crippen molar-refractivity contribution in [3.05, 3.63) is 35.2 Å². The lowest BCUT2D eigenvalue weighted by Gasteiger charge is -2.41. The summed E-state index contributed by atoms with van der Waals surface area (Å²) in [6.45, 7) is 0.439. The molecule has 1 N–H and O–H groups in total. The maximum atomic E-state index is 10.6. The fraction of sp³-hybridized carbons (Fsp3) is 0.333. The van der Waals surface area contributed by atoms with Crippen molar-refractivity contribution in [2.75, 3.05) is 31.1 Å². The van der Waals surface area contributed by atoms with E-state index in [2.05, 4.69) is 9.97 Å². The van der Waals surface area contributed by atoms with Crippen molar-refractivity contribution in [1.82, 2.24) is 9.97 Å². The number of fused-ring (bicyclic) bond motifs is 1. The van der Waals surface area contributed by atoms with Gasteiger partial charge in [0.05, 0.1) is 20.8 Å². The fourth-order valence-corrected chi connectivity index (χ4v) is 2.69. The molecule has 0 amide bonds. The molecule has 23 heavy (non-hydrogen) atoms. The number of methoxy groups -OCH3 is 2. The van der Waals surface area contributed by atoms with Crippen LogP contribution in [0.15, 0.2) is 24.4 Å². The number of hydrogen-bond acceptors (Lipinski definition) is 7. The number of rotatable bonds is 3. The predicted molar refractivity (Wildman–Crippen MR) is 87.2 cm³/mol. The number of benzene rings is 1. The van der Waals surface area contributed by atoms with E-state index in [1.54, 1.807) is 43.3 Å². The Morgan fingerprint density at radius 2 is 1.87 bits per heavy atom. The van der Waals surface area contributed by atoms with E-state index < -0.39 is 6.35 Å². The van der Waals surface area contributed by atoms with Crippen LogP contribution < -0.4 is 19.3 Å². The van der Waals surface area contributed by atoms with Gasteiger partial charge >= 0.3 is 0 Å². The Labute approximate surface area is 139 Å². The van der Waals surface area contributed by atoms with Crippen LogP contribution in [0.5, 0.6) is 11.5 Å². The molecule has 1 unspecified atom stereocenters. The van der Waals surface area contributed by atoms with Crippen molar-refractivity contribution >= 4 is 23.1 Å². The van der Waals surface area contributed by atoms with Crippen LogP contribution in [-0.4, -0.2) is 42.7 Å². The summed E-state index contributed by atoms with van der Waals surface area (Å²) in [4.78, 5) is 11.6. The topological polar surface area (TPSA) is 71.0 Å². The maximum Gasteiger partial charge on any atom is 0.224 e. The van der Waals surface area contributed by atoms with E-state index in [1.807, 2.05) is 12.1 Å². The Morgan fingerprint density at radius 1 is 1.22 bits per heavy atom. The van der Waals surface area contributed by atoms with E-state index in [4.69, 9.17) is 21.1 Å². The van der Waals surface area contributed by atoms with E-state index in [-0.39, 0.29) is 5.28 Å².